The number of hydrogen-bond acceptors (Lipinski definition) is 4. The van der Waals surface area contributed by atoms with Gasteiger partial charge in [-0.05, 0) is 60.7 Å². The van der Waals surface area contributed by atoms with Gasteiger partial charge in [0.15, 0.2) is 0 Å². The Kier molecular flexibility index (Phi) is 5.51. The van der Waals surface area contributed by atoms with Crippen molar-refractivity contribution in [2.24, 2.45) is 34.0 Å². The van der Waals surface area contributed by atoms with Crippen molar-refractivity contribution in [1.82, 2.24) is 0 Å². The fourth-order valence-electron chi connectivity index (χ4n) is 7.31. The third-order valence-electron chi connectivity index (χ3n) is 9.23. The van der Waals surface area contributed by atoms with Crippen LogP contribution in [0.4, 0.5) is 0 Å². The van der Waals surface area contributed by atoms with Crippen molar-refractivity contribution in [3.8, 4) is 0 Å². The Labute approximate surface area is 187 Å². The van der Waals surface area contributed by atoms with Crippen LogP contribution in [0.5, 0.6) is 0 Å². The maximum Gasteiger partial charge on any atom is 0.334 e. The fraction of sp³-hybridized carbons (Fsp3) is 0.704. The van der Waals surface area contributed by atoms with Crippen molar-refractivity contribution >= 4 is 11.9 Å². The number of cyclic esters (lactones) is 1. The molecule has 3 aliphatic carbocycles. The molecule has 4 heteroatoms. The summed E-state index contributed by atoms with van der Waals surface area (Å²) in [5.41, 5.74) is 2.87. The molecule has 0 aromatic heterocycles. The Hall–Kier alpha value is -1.84. The zero-order chi connectivity index (χ0) is 22.6. The van der Waals surface area contributed by atoms with Gasteiger partial charge in [-0.3, -0.25) is 4.79 Å². The summed E-state index contributed by atoms with van der Waals surface area (Å²) in [6, 6.07) is 0. The van der Waals surface area contributed by atoms with Crippen LogP contribution in [0, 0.1) is 34.0 Å². The minimum Gasteiger partial charge on any atom is -0.421 e. The van der Waals surface area contributed by atoms with Gasteiger partial charge in [-0.2, -0.15) is 0 Å². The second-order valence-corrected chi connectivity index (χ2v) is 11.5. The van der Waals surface area contributed by atoms with Gasteiger partial charge in [0.25, 0.3) is 6.29 Å². The summed E-state index contributed by atoms with van der Waals surface area (Å²) in [4.78, 5) is 23.2. The maximum atomic E-state index is 11.8. The van der Waals surface area contributed by atoms with Gasteiger partial charge < -0.3 is 9.47 Å². The summed E-state index contributed by atoms with van der Waals surface area (Å²) >= 11 is 0. The lowest BCUT2D eigenvalue weighted by Gasteiger charge is -2.61. The molecular weight excluding hydrogens is 388 g/mol. The molecule has 0 unspecified atom stereocenters. The molecule has 4 rings (SSSR count). The van der Waals surface area contributed by atoms with E-state index in [1.165, 1.54) is 45.1 Å². The van der Waals surface area contributed by atoms with Gasteiger partial charge in [0.05, 0.1) is 0 Å². The third-order valence-corrected chi connectivity index (χ3v) is 9.23. The van der Waals surface area contributed by atoms with Gasteiger partial charge in [-0.25, -0.2) is 4.79 Å². The van der Waals surface area contributed by atoms with Crippen molar-refractivity contribution in [3.63, 3.8) is 0 Å². The number of rotatable bonds is 3. The molecule has 4 nitrogen and oxygen atoms in total. The van der Waals surface area contributed by atoms with Crippen LogP contribution in [-0.4, -0.2) is 18.2 Å². The first-order valence-electron chi connectivity index (χ1n) is 12.0. The maximum absolute atomic E-state index is 11.8. The lowest BCUT2D eigenvalue weighted by molar-refractivity contribution is -0.171. The number of carbonyl (C=O) groups excluding carboxylic acids is 2. The highest BCUT2D eigenvalue weighted by Gasteiger charge is 2.56. The van der Waals surface area contributed by atoms with Crippen LogP contribution in [-0.2, 0) is 19.1 Å². The van der Waals surface area contributed by atoms with E-state index in [0.717, 1.165) is 12.3 Å². The van der Waals surface area contributed by atoms with Crippen LogP contribution in [0.2, 0.25) is 0 Å². The SMILES string of the molecule is CC(=O)O[C@@H]1OC(=O)C=C1/C=C/[C@]1(C)C2=CC[C@H]3C(C)(C)CCC[C@]3(C)[C@H]2CC[C@@H]1C. The molecule has 2 fully saturated rings. The highest BCUT2D eigenvalue weighted by molar-refractivity contribution is 5.86. The van der Waals surface area contributed by atoms with Crippen molar-refractivity contribution in [2.45, 2.75) is 86.4 Å². The molecular formula is C27H38O4. The molecule has 0 spiro atoms. The standard InChI is InChI=1S/C27H38O4/c1-17-8-9-21-20(10-11-22-25(3,4)13-7-14-27(21,22)6)26(17,5)15-12-19-16-23(29)31-24(19)30-18(2)28/h10,12,15-17,21-22,24H,7-9,11,13-14H2,1-6H3/b15-12+/t17-,21-,22-,24+,26-,27+/m0/s1. The second-order valence-electron chi connectivity index (χ2n) is 11.5. The van der Waals surface area contributed by atoms with E-state index < -0.39 is 18.2 Å². The highest BCUT2D eigenvalue weighted by Crippen LogP contribution is 2.65. The summed E-state index contributed by atoms with van der Waals surface area (Å²) in [7, 11) is 0. The van der Waals surface area contributed by atoms with E-state index in [-0.39, 0.29) is 5.41 Å². The van der Waals surface area contributed by atoms with Crippen molar-refractivity contribution < 1.29 is 19.1 Å². The van der Waals surface area contributed by atoms with Crippen LogP contribution in [0.15, 0.2) is 35.5 Å². The van der Waals surface area contributed by atoms with Gasteiger partial charge in [-0.1, -0.05) is 64.8 Å². The quantitative estimate of drug-likeness (QED) is 0.402. The first-order valence-corrected chi connectivity index (χ1v) is 12.0. The van der Waals surface area contributed by atoms with E-state index in [4.69, 9.17) is 9.47 Å². The van der Waals surface area contributed by atoms with Crippen molar-refractivity contribution in [3.05, 3.63) is 35.5 Å². The first kappa shape index (κ1) is 22.4. The monoisotopic (exact) mass is 426 g/mol. The molecule has 170 valence electrons. The topological polar surface area (TPSA) is 52.6 Å². The fourth-order valence-corrected chi connectivity index (χ4v) is 7.31. The van der Waals surface area contributed by atoms with Crippen LogP contribution in [0.3, 0.4) is 0 Å². The lowest BCUT2D eigenvalue weighted by atomic mass is 9.44. The molecule has 0 aromatic rings. The van der Waals surface area contributed by atoms with Crippen molar-refractivity contribution in [2.75, 3.05) is 0 Å². The molecule has 0 amide bonds. The van der Waals surface area contributed by atoms with Crippen LogP contribution in [0.25, 0.3) is 0 Å². The second kappa shape index (κ2) is 7.64. The van der Waals surface area contributed by atoms with Crippen LogP contribution < -0.4 is 0 Å². The van der Waals surface area contributed by atoms with E-state index in [1.807, 2.05) is 6.08 Å². The largest absolute Gasteiger partial charge is 0.421 e. The number of ether oxygens (including phenoxy) is 2. The molecule has 1 aliphatic heterocycles. The third kappa shape index (κ3) is 3.70. The minimum absolute atomic E-state index is 0.0776. The predicted octanol–water partition coefficient (Wildman–Crippen LogP) is 6.13. The number of fused-ring (bicyclic) bond motifs is 3. The molecule has 0 radical (unpaired) electrons. The average molecular weight is 427 g/mol. The first-order chi connectivity index (χ1) is 14.5. The zero-order valence-electron chi connectivity index (χ0n) is 20.0. The Morgan fingerprint density at radius 1 is 1.19 bits per heavy atom. The minimum atomic E-state index is -0.930. The van der Waals surface area contributed by atoms with Gasteiger partial charge in [0, 0.05) is 24.0 Å². The van der Waals surface area contributed by atoms with Crippen LogP contribution in [0.1, 0.15) is 80.1 Å². The van der Waals surface area contributed by atoms with Gasteiger partial charge in [0.2, 0.25) is 0 Å². The van der Waals surface area contributed by atoms with E-state index in [2.05, 4.69) is 46.8 Å². The van der Waals surface area contributed by atoms with Gasteiger partial charge in [-0.15, -0.1) is 0 Å². The summed E-state index contributed by atoms with van der Waals surface area (Å²) in [5.74, 6) is 0.943. The Morgan fingerprint density at radius 2 is 1.94 bits per heavy atom. The van der Waals surface area contributed by atoms with Crippen LogP contribution >= 0.6 is 0 Å². The van der Waals surface area contributed by atoms with E-state index in [0.29, 0.717) is 28.2 Å². The molecule has 0 aromatic carbocycles. The van der Waals surface area contributed by atoms with E-state index in [9.17, 15) is 9.59 Å². The Morgan fingerprint density at radius 3 is 2.65 bits per heavy atom. The molecule has 0 saturated heterocycles. The molecule has 4 aliphatic rings. The summed E-state index contributed by atoms with van der Waals surface area (Å²) in [5, 5.41) is 0. The highest BCUT2D eigenvalue weighted by atomic mass is 16.7. The lowest BCUT2D eigenvalue weighted by Crippen LogP contribution is -2.52. The number of carbonyl (C=O) groups is 2. The molecule has 2 saturated carbocycles. The molecule has 31 heavy (non-hydrogen) atoms. The number of allylic oxidation sites excluding steroid dienone is 3. The molecule has 0 bridgehead atoms. The zero-order valence-corrected chi connectivity index (χ0v) is 20.0. The van der Waals surface area contributed by atoms with E-state index >= 15 is 0 Å². The van der Waals surface area contributed by atoms with Gasteiger partial charge in [0.1, 0.15) is 0 Å². The average Bonchev–Trinajstić information content (AvgIpc) is 3.01. The Balaban J connectivity index is 1.67. The molecule has 1 heterocycles. The summed E-state index contributed by atoms with van der Waals surface area (Å²) in [6.45, 7) is 13.5. The smallest absolute Gasteiger partial charge is 0.334 e. The van der Waals surface area contributed by atoms with E-state index in [1.54, 1.807) is 5.57 Å². The predicted molar refractivity (Wildman–Crippen MR) is 121 cm³/mol. The number of esters is 2. The number of hydrogen-bond donors (Lipinski definition) is 0. The Bertz CT molecular complexity index is 862. The molecule has 6 atom stereocenters. The van der Waals surface area contributed by atoms with Crippen molar-refractivity contribution in [1.29, 1.82) is 0 Å². The normalized spacial score (nSPS) is 41.7. The van der Waals surface area contributed by atoms with Gasteiger partial charge >= 0.3 is 11.9 Å². The molecule has 0 N–H and O–H groups in total. The summed E-state index contributed by atoms with van der Waals surface area (Å²) in [6.07, 6.45) is 14.9. The summed E-state index contributed by atoms with van der Waals surface area (Å²) < 4.78 is 10.4.